The van der Waals surface area contributed by atoms with E-state index in [9.17, 15) is 0 Å². The van der Waals surface area contributed by atoms with Crippen molar-refractivity contribution < 1.29 is 4.74 Å². The maximum atomic E-state index is 5.03. The number of methoxy groups -OCH3 is 1. The molecule has 0 saturated heterocycles. The predicted octanol–water partition coefficient (Wildman–Crippen LogP) is 2.61. The van der Waals surface area contributed by atoms with Crippen molar-refractivity contribution in [1.82, 2.24) is 9.55 Å². The summed E-state index contributed by atoms with van der Waals surface area (Å²) in [6, 6.07) is 10.2. The van der Waals surface area contributed by atoms with E-state index in [1.165, 1.54) is 0 Å². The minimum absolute atomic E-state index is 0.742. The molecule has 0 aliphatic rings. The Morgan fingerprint density at radius 1 is 1.31 bits per heavy atom. The summed E-state index contributed by atoms with van der Waals surface area (Å²) in [4.78, 5) is 4.33. The molecule has 0 saturated carbocycles. The summed E-state index contributed by atoms with van der Waals surface area (Å²) in [6.07, 6.45) is 3.80. The molecule has 0 bridgehead atoms. The van der Waals surface area contributed by atoms with Crippen LogP contribution in [0.5, 0.6) is 0 Å². The van der Waals surface area contributed by atoms with E-state index >= 15 is 0 Å². The van der Waals surface area contributed by atoms with Crippen LogP contribution in [0.3, 0.4) is 0 Å². The van der Waals surface area contributed by atoms with Gasteiger partial charge in [0.1, 0.15) is 0 Å². The van der Waals surface area contributed by atoms with E-state index in [-0.39, 0.29) is 0 Å². The van der Waals surface area contributed by atoms with Crippen molar-refractivity contribution in [3.63, 3.8) is 0 Å². The summed E-state index contributed by atoms with van der Waals surface area (Å²) in [5.41, 5.74) is 1.14. The zero-order valence-electron chi connectivity index (χ0n) is 9.17. The van der Waals surface area contributed by atoms with Gasteiger partial charge in [-0.25, -0.2) is 4.98 Å². The van der Waals surface area contributed by atoms with Gasteiger partial charge in [-0.05, 0) is 12.1 Å². The van der Waals surface area contributed by atoms with E-state index in [1.54, 1.807) is 18.9 Å². The van der Waals surface area contributed by atoms with Gasteiger partial charge in [-0.2, -0.15) is 0 Å². The molecule has 0 atom stereocenters. The van der Waals surface area contributed by atoms with Gasteiger partial charge in [-0.3, -0.25) is 4.57 Å². The highest BCUT2D eigenvalue weighted by Gasteiger charge is 2.04. The third-order valence-corrected chi connectivity index (χ3v) is 3.09. The topological polar surface area (TPSA) is 27.1 Å². The highest BCUT2D eigenvalue weighted by molar-refractivity contribution is 7.99. The molecule has 3 nitrogen and oxygen atoms in total. The second kappa shape index (κ2) is 5.72. The third-order valence-electron chi connectivity index (χ3n) is 2.16. The zero-order valence-corrected chi connectivity index (χ0v) is 9.98. The van der Waals surface area contributed by atoms with Crippen LogP contribution in [0, 0.1) is 0 Å². The molecular formula is C12H14N2OS. The number of aromatic nitrogens is 2. The molecule has 1 heterocycles. The molecular weight excluding hydrogens is 220 g/mol. The van der Waals surface area contributed by atoms with Crippen LogP contribution >= 0.6 is 11.8 Å². The molecule has 0 N–H and O–H groups in total. The molecule has 4 heteroatoms. The number of thioether (sulfide) groups is 1. The molecule has 1 aromatic carbocycles. The molecule has 0 amide bonds. The lowest BCUT2D eigenvalue weighted by Crippen LogP contribution is -1.97. The number of nitrogens with zero attached hydrogens (tertiary/aromatic N) is 2. The summed E-state index contributed by atoms with van der Waals surface area (Å²) in [6.45, 7) is 0.742. The van der Waals surface area contributed by atoms with Gasteiger partial charge in [-0.1, -0.05) is 30.0 Å². The zero-order chi connectivity index (χ0) is 11.2. The Labute approximate surface area is 99.5 Å². The Hall–Kier alpha value is -1.26. The molecule has 84 valence electrons. The molecule has 2 rings (SSSR count). The van der Waals surface area contributed by atoms with E-state index in [1.807, 2.05) is 30.6 Å². The molecule has 0 spiro atoms. The SMILES string of the molecule is COCCSc1nccn1-c1ccccc1. The van der Waals surface area contributed by atoms with E-state index in [2.05, 4.69) is 21.7 Å². The molecule has 0 radical (unpaired) electrons. The smallest absolute Gasteiger partial charge is 0.172 e. The van der Waals surface area contributed by atoms with Crippen LogP contribution in [0.4, 0.5) is 0 Å². The minimum Gasteiger partial charge on any atom is -0.384 e. The first-order valence-electron chi connectivity index (χ1n) is 5.12. The summed E-state index contributed by atoms with van der Waals surface area (Å²) in [5, 5.41) is 1.00. The fourth-order valence-corrected chi connectivity index (χ4v) is 2.27. The van der Waals surface area contributed by atoms with Gasteiger partial charge in [0.05, 0.1) is 6.61 Å². The maximum Gasteiger partial charge on any atom is 0.172 e. The lowest BCUT2D eigenvalue weighted by molar-refractivity contribution is 0.218. The summed E-state index contributed by atoms with van der Waals surface area (Å²) >= 11 is 1.70. The van der Waals surface area contributed by atoms with E-state index < -0.39 is 0 Å². The Morgan fingerprint density at radius 3 is 2.88 bits per heavy atom. The fraction of sp³-hybridized carbons (Fsp3) is 0.250. The quantitative estimate of drug-likeness (QED) is 0.588. The molecule has 2 aromatic rings. The van der Waals surface area contributed by atoms with Gasteiger partial charge in [0.25, 0.3) is 0 Å². The van der Waals surface area contributed by atoms with Crippen LogP contribution in [-0.2, 0) is 4.74 Å². The van der Waals surface area contributed by atoms with Crippen molar-refractivity contribution in [2.45, 2.75) is 5.16 Å². The number of benzene rings is 1. The number of ether oxygens (including phenoxy) is 1. The lowest BCUT2D eigenvalue weighted by atomic mass is 10.3. The van der Waals surface area contributed by atoms with Crippen molar-refractivity contribution in [3.05, 3.63) is 42.7 Å². The van der Waals surface area contributed by atoms with Crippen LogP contribution < -0.4 is 0 Å². The Bertz CT molecular complexity index is 428. The van der Waals surface area contributed by atoms with Crippen molar-refractivity contribution in [1.29, 1.82) is 0 Å². The first-order chi connectivity index (χ1) is 7.92. The average Bonchev–Trinajstić information content (AvgIpc) is 2.79. The second-order valence-corrected chi connectivity index (χ2v) is 4.32. The Balaban J connectivity index is 2.13. The molecule has 0 fully saturated rings. The number of para-hydroxylation sites is 1. The van der Waals surface area contributed by atoms with Crippen molar-refractivity contribution in [3.8, 4) is 5.69 Å². The van der Waals surface area contributed by atoms with Crippen molar-refractivity contribution in [2.24, 2.45) is 0 Å². The molecule has 16 heavy (non-hydrogen) atoms. The van der Waals surface area contributed by atoms with Gasteiger partial charge in [0.15, 0.2) is 5.16 Å². The first-order valence-corrected chi connectivity index (χ1v) is 6.11. The predicted molar refractivity (Wildman–Crippen MR) is 66.2 cm³/mol. The molecule has 0 unspecified atom stereocenters. The second-order valence-electron chi connectivity index (χ2n) is 3.26. The minimum atomic E-state index is 0.742. The summed E-state index contributed by atoms with van der Waals surface area (Å²) < 4.78 is 7.11. The number of imidazole rings is 1. The van der Waals surface area contributed by atoms with Gasteiger partial charge in [-0.15, -0.1) is 0 Å². The molecule has 0 aliphatic heterocycles. The first kappa shape index (κ1) is 11.2. The molecule has 0 aliphatic carbocycles. The highest BCUT2D eigenvalue weighted by Crippen LogP contribution is 2.19. The number of hydrogen-bond acceptors (Lipinski definition) is 3. The third kappa shape index (κ3) is 2.65. The van der Waals surface area contributed by atoms with Crippen LogP contribution in [-0.4, -0.2) is 29.0 Å². The fourth-order valence-electron chi connectivity index (χ4n) is 1.40. The maximum absolute atomic E-state index is 5.03. The lowest BCUT2D eigenvalue weighted by Gasteiger charge is -2.06. The van der Waals surface area contributed by atoms with Crippen molar-refractivity contribution in [2.75, 3.05) is 19.5 Å². The highest BCUT2D eigenvalue weighted by atomic mass is 32.2. The number of rotatable bonds is 5. The van der Waals surface area contributed by atoms with Gasteiger partial charge < -0.3 is 4.74 Å². The average molecular weight is 234 g/mol. The van der Waals surface area contributed by atoms with Gasteiger partial charge in [0, 0.05) is 30.9 Å². The standard InChI is InChI=1S/C12H14N2OS/c1-15-9-10-16-12-13-7-8-14(12)11-5-3-2-4-6-11/h2-8H,9-10H2,1H3. The summed E-state index contributed by atoms with van der Waals surface area (Å²) in [7, 11) is 1.71. The van der Waals surface area contributed by atoms with Crippen LogP contribution in [0.25, 0.3) is 5.69 Å². The van der Waals surface area contributed by atoms with E-state index in [4.69, 9.17) is 4.74 Å². The van der Waals surface area contributed by atoms with E-state index in [0.717, 1.165) is 23.2 Å². The van der Waals surface area contributed by atoms with Crippen LogP contribution in [0.1, 0.15) is 0 Å². The summed E-state index contributed by atoms with van der Waals surface area (Å²) in [5.74, 6) is 0.917. The van der Waals surface area contributed by atoms with Crippen molar-refractivity contribution >= 4 is 11.8 Å². The molecule has 1 aromatic heterocycles. The Kier molecular flexibility index (Phi) is 4.02. The number of hydrogen-bond donors (Lipinski definition) is 0. The van der Waals surface area contributed by atoms with E-state index in [0.29, 0.717) is 0 Å². The van der Waals surface area contributed by atoms with Crippen LogP contribution in [0.2, 0.25) is 0 Å². The van der Waals surface area contributed by atoms with Gasteiger partial charge >= 0.3 is 0 Å². The Morgan fingerprint density at radius 2 is 2.12 bits per heavy atom. The largest absolute Gasteiger partial charge is 0.384 e. The van der Waals surface area contributed by atoms with Crippen LogP contribution in [0.15, 0.2) is 47.9 Å². The normalized spacial score (nSPS) is 10.6. The monoisotopic (exact) mass is 234 g/mol. The van der Waals surface area contributed by atoms with Gasteiger partial charge in [0.2, 0.25) is 0 Å².